The van der Waals surface area contributed by atoms with Crippen LogP contribution in [0.15, 0.2) is 41.2 Å². The zero-order chi connectivity index (χ0) is 17.6. The van der Waals surface area contributed by atoms with E-state index in [1.54, 1.807) is 6.07 Å². The quantitative estimate of drug-likeness (QED) is 0.871. The van der Waals surface area contributed by atoms with Crippen molar-refractivity contribution in [3.8, 4) is 11.3 Å². The molecule has 0 aliphatic carbocycles. The van der Waals surface area contributed by atoms with Crippen LogP contribution in [0.4, 0.5) is 0 Å². The molecule has 1 aliphatic rings. The normalized spacial score (nSPS) is 16.8. The number of ether oxygens (including phenoxy) is 1. The highest BCUT2D eigenvalue weighted by atomic mass is 16.5. The maximum absolute atomic E-state index is 12.0. The molecule has 1 aliphatic heterocycles. The van der Waals surface area contributed by atoms with E-state index in [1.807, 2.05) is 31.2 Å². The Morgan fingerprint density at radius 3 is 2.80 bits per heavy atom. The summed E-state index contributed by atoms with van der Waals surface area (Å²) in [5.41, 5.74) is 2.63. The summed E-state index contributed by atoms with van der Waals surface area (Å²) in [5.74, 6) is -0.0926. The summed E-state index contributed by atoms with van der Waals surface area (Å²) in [7, 11) is 0. The minimum Gasteiger partial charge on any atom is -0.376 e. The topological polar surface area (TPSA) is 73.2 Å². The molecule has 1 unspecified atom stereocenters. The lowest BCUT2D eigenvalue weighted by Crippen LogP contribution is -2.33. The van der Waals surface area contributed by atoms with Gasteiger partial charge >= 0.3 is 0 Å². The van der Waals surface area contributed by atoms with E-state index < -0.39 is 0 Å². The molecule has 0 bridgehead atoms. The number of hydrogen-bond acceptors (Lipinski definition) is 4. The van der Waals surface area contributed by atoms with Gasteiger partial charge in [-0.2, -0.15) is 5.10 Å². The Morgan fingerprint density at radius 2 is 2.08 bits per heavy atom. The zero-order valence-electron chi connectivity index (χ0n) is 14.4. The molecule has 0 radical (unpaired) electrons. The smallest absolute Gasteiger partial charge is 0.266 e. The molecule has 25 heavy (non-hydrogen) atoms. The van der Waals surface area contributed by atoms with Crippen LogP contribution in [-0.4, -0.2) is 34.9 Å². The molecule has 1 aromatic heterocycles. The summed E-state index contributed by atoms with van der Waals surface area (Å²) in [6.07, 6.45) is 2.37. The van der Waals surface area contributed by atoms with E-state index in [0.717, 1.165) is 30.7 Å². The van der Waals surface area contributed by atoms with E-state index in [-0.39, 0.29) is 30.5 Å². The third kappa shape index (κ3) is 4.76. The first-order valence-electron chi connectivity index (χ1n) is 8.65. The van der Waals surface area contributed by atoms with Crippen molar-refractivity contribution < 1.29 is 9.53 Å². The van der Waals surface area contributed by atoms with Crippen LogP contribution in [-0.2, 0) is 16.1 Å². The van der Waals surface area contributed by atoms with Crippen molar-refractivity contribution in [1.29, 1.82) is 0 Å². The molecule has 1 N–H and O–H groups in total. The fourth-order valence-electron chi connectivity index (χ4n) is 2.82. The molecule has 0 saturated carbocycles. The molecule has 2 heterocycles. The molecule has 1 fully saturated rings. The summed E-state index contributed by atoms with van der Waals surface area (Å²) in [6.45, 7) is 3.58. The minimum atomic E-state index is -0.206. The molecule has 1 amide bonds. The number of carbonyl (C=O) groups excluding carboxylic acids is 1. The van der Waals surface area contributed by atoms with E-state index in [9.17, 15) is 9.59 Å². The maximum Gasteiger partial charge on any atom is 0.266 e. The van der Waals surface area contributed by atoms with Crippen molar-refractivity contribution in [2.24, 2.45) is 0 Å². The average molecular weight is 341 g/mol. The van der Waals surface area contributed by atoms with E-state index in [1.165, 1.54) is 16.3 Å². The highest BCUT2D eigenvalue weighted by Crippen LogP contribution is 2.15. The van der Waals surface area contributed by atoms with Crippen molar-refractivity contribution in [3.05, 3.63) is 52.3 Å². The number of nitrogens with one attached hydrogen (secondary N) is 1. The number of aromatic nitrogens is 2. The fraction of sp³-hybridized carbons (Fsp3) is 0.421. The molecular weight excluding hydrogens is 318 g/mol. The Labute approximate surface area is 146 Å². The molecule has 1 atom stereocenters. The lowest BCUT2D eigenvalue weighted by atomic mass is 10.1. The summed E-state index contributed by atoms with van der Waals surface area (Å²) >= 11 is 0. The van der Waals surface area contributed by atoms with Gasteiger partial charge in [-0.05, 0) is 25.8 Å². The average Bonchev–Trinajstić information content (AvgIpc) is 3.13. The van der Waals surface area contributed by atoms with Crippen LogP contribution in [0.25, 0.3) is 11.3 Å². The van der Waals surface area contributed by atoms with E-state index in [2.05, 4.69) is 10.4 Å². The van der Waals surface area contributed by atoms with Gasteiger partial charge in [0.2, 0.25) is 5.91 Å². The van der Waals surface area contributed by atoms with Gasteiger partial charge in [0, 0.05) is 31.2 Å². The predicted octanol–water partition coefficient (Wildman–Crippen LogP) is 1.90. The Balaban J connectivity index is 1.59. The van der Waals surface area contributed by atoms with Gasteiger partial charge in [-0.25, -0.2) is 4.68 Å². The lowest BCUT2D eigenvalue weighted by molar-refractivity contribution is -0.121. The predicted molar refractivity (Wildman–Crippen MR) is 95.3 cm³/mol. The van der Waals surface area contributed by atoms with E-state index >= 15 is 0 Å². The molecule has 6 heteroatoms. The van der Waals surface area contributed by atoms with Gasteiger partial charge in [0.15, 0.2) is 0 Å². The first-order valence-corrected chi connectivity index (χ1v) is 8.65. The summed E-state index contributed by atoms with van der Waals surface area (Å²) < 4.78 is 6.82. The van der Waals surface area contributed by atoms with Crippen LogP contribution in [0, 0.1) is 6.92 Å². The SMILES string of the molecule is Cc1ccc(-c2ccc(=O)n(CCC(=O)NCC3CCCO3)n2)cc1. The Hall–Kier alpha value is -2.47. The van der Waals surface area contributed by atoms with Gasteiger partial charge in [-0.15, -0.1) is 0 Å². The van der Waals surface area contributed by atoms with E-state index in [0.29, 0.717) is 6.54 Å². The number of benzene rings is 1. The Kier molecular flexibility index (Phi) is 5.60. The molecule has 1 aromatic carbocycles. The summed E-state index contributed by atoms with van der Waals surface area (Å²) in [5, 5.41) is 7.24. The van der Waals surface area contributed by atoms with Crippen molar-refractivity contribution in [3.63, 3.8) is 0 Å². The standard InChI is InChI=1S/C19H23N3O3/c1-14-4-6-15(7-5-14)17-8-9-19(24)22(21-17)11-10-18(23)20-13-16-3-2-12-25-16/h4-9,16H,2-3,10-13H2,1H3,(H,20,23). The third-order valence-electron chi connectivity index (χ3n) is 4.32. The summed E-state index contributed by atoms with van der Waals surface area (Å²) in [4.78, 5) is 24.0. The van der Waals surface area contributed by atoms with Crippen LogP contribution in [0.5, 0.6) is 0 Å². The summed E-state index contributed by atoms with van der Waals surface area (Å²) in [6, 6.07) is 11.2. The van der Waals surface area contributed by atoms with Crippen molar-refractivity contribution >= 4 is 5.91 Å². The highest BCUT2D eigenvalue weighted by Gasteiger charge is 2.16. The van der Waals surface area contributed by atoms with Gasteiger partial charge in [-0.3, -0.25) is 9.59 Å². The van der Waals surface area contributed by atoms with E-state index in [4.69, 9.17) is 4.74 Å². The van der Waals surface area contributed by atoms with Gasteiger partial charge in [0.05, 0.1) is 18.3 Å². The second kappa shape index (κ2) is 8.07. The second-order valence-electron chi connectivity index (χ2n) is 6.34. The van der Waals surface area contributed by atoms with Crippen LogP contribution in [0.3, 0.4) is 0 Å². The second-order valence-corrected chi connectivity index (χ2v) is 6.34. The number of amides is 1. The molecule has 0 spiro atoms. The first kappa shape index (κ1) is 17.4. The molecule has 6 nitrogen and oxygen atoms in total. The van der Waals surface area contributed by atoms with Crippen LogP contribution in [0.2, 0.25) is 0 Å². The largest absolute Gasteiger partial charge is 0.376 e. The zero-order valence-corrected chi connectivity index (χ0v) is 14.4. The monoisotopic (exact) mass is 341 g/mol. The van der Waals surface area contributed by atoms with Crippen LogP contribution < -0.4 is 10.9 Å². The van der Waals surface area contributed by atoms with Crippen LogP contribution >= 0.6 is 0 Å². The minimum absolute atomic E-state index is 0.0926. The van der Waals surface area contributed by atoms with Gasteiger partial charge in [0.1, 0.15) is 0 Å². The Bertz CT molecular complexity index is 777. The fourth-order valence-corrected chi connectivity index (χ4v) is 2.82. The molecule has 3 rings (SSSR count). The van der Waals surface area contributed by atoms with Crippen molar-refractivity contribution in [2.75, 3.05) is 13.2 Å². The number of rotatable bonds is 6. The third-order valence-corrected chi connectivity index (χ3v) is 4.32. The van der Waals surface area contributed by atoms with Crippen molar-refractivity contribution in [1.82, 2.24) is 15.1 Å². The lowest BCUT2D eigenvalue weighted by Gasteiger charge is -2.11. The van der Waals surface area contributed by atoms with Crippen LogP contribution in [0.1, 0.15) is 24.8 Å². The Morgan fingerprint density at radius 1 is 1.28 bits per heavy atom. The van der Waals surface area contributed by atoms with Gasteiger partial charge in [-0.1, -0.05) is 29.8 Å². The molecular formula is C19H23N3O3. The number of aryl methyl sites for hydroxylation is 2. The number of carbonyl (C=O) groups is 1. The first-order chi connectivity index (χ1) is 12.1. The highest BCUT2D eigenvalue weighted by molar-refractivity contribution is 5.75. The maximum atomic E-state index is 12.0. The van der Waals surface area contributed by atoms with Gasteiger partial charge < -0.3 is 10.1 Å². The van der Waals surface area contributed by atoms with Gasteiger partial charge in [0.25, 0.3) is 5.56 Å². The molecule has 132 valence electrons. The van der Waals surface area contributed by atoms with Crippen molar-refractivity contribution in [2.45, 2.75) is 38.8 Å². The molecule has 2 aromatic rings. The molecule has 1 saturated heterocycles. The number of hydrogen-bond donors (Lipinski definition) is 1. The number of nitrogens with zero attached hydrogens (tertiary/aromatic N) is 2.